The summed E-state index contributed by atoms with van der Waals surface area (Å²) >= 11 is 3.20. The zero-order valence-electron chi connectivity index (χ0n) is 10.9. The molecule has 2 aromatic rings. The zero-order chi connectivity index (χ0) is 15.6. The summed E-state index contributed by atoms with van der Waals surface area (Å²) in [6.07, 6.45) is 0. The highest BCUT2D eigenvalue weighted by Gasteiger charge is 2.18. The fraction of sp³-hybridized carbons (Fsp3) is 0.133. The summed E-state index contributed by atoms with van der Waals surface area (Å²) in [6, 6.07) is 5.95. The molecule has 0 atom stereocenters. The predicted molar refractivity (Wildman–Crippen MR) is 75.1 cm³/mol. The first-order valence-electron chi connectivity index (χ1n) is 6.05. The molecule has 0 aliphatic carbocycles. The van der Waals surface area contributed by atoms with E-state index in [0.717, 1.165) is 0 Å². The van der Waals surface area contributed by atoms with Gasteiger partial charge in [0.1, 0.15) is 5.75 Å². The molecule has 6 heteroatoms. The van der Waals surface area contributed by atoms with Gasteiger partial charge in [-0.2, -0.15) is 0 Å². The highest BCUT2D eigenvalue weighted by atomic mass is 79.9. The first kappa shape index (κ1) is 15.6. The topological polar surface area (TPSA) is 26.3 Å². The second kappa shape index (κ2) is 6.30. The molecular formula is C15H10BrF3O2. The maximum atomic E-state index is 13.2. The first-order chi connectivity index (χ1) is 9.93. The van der Waals surface area contributed by atoms with Crippen LogP contribution in [0.1, 0.15) is 22.8 Å². The van der Waals surface area contributed by atoms with Crippen molar-refractivity contribution in [2.24, 2.45) is 0 Å². The van der Waals surface area contributed by atoms with E-state index in [4.69, 9.17) is 4.74 Å². The quantitative estimate of drug-likeness (QED) is 0.594. The van der Waals surface area contributed by atoms with Crippen LogP contribution in [0.3, 0.4) is 0 Å². The molecule has 0 N–H and O–H groups in total. The largest absolute Gasteiger partial charge is 0.494 e. The number of ether oxygens (including phenoxy) is 1. The summed E-state index contributed by atoms with van der Waals surface area (Å²) < 4.78 is 45.0. The standard InChI is InChI=1S/C15H10BrF3O2/c1-2-21-9-3-4-10(11(16)7-9)15(20)8-5-12(17)14(19)13(18)6-8/h3-7H,2H2,1H3. The number of carbonyl (C=O) groups excluding carboxylic acids is 1. The molecule has 0 aromatic heterocycles. The smallest absolute Gasteiger partial charge is 0.194 e. The van der Waals surface area contributed by atoms with Crippen molar-refractivity contribution in [3.05, 3.63) is 63.4 Å². The van der Waals surface area contributed by atoms with Crippen LogP contribution in [0.15, 0.2) is 34.8 Å². The van der Waals surface area contributed by atoms with E-state index in [2.05, 4.69) is 15.9 Å². The molecule has 21 heavy (non-hydrogen) atoms. The lowest BCUT2D eigenvalue weighted by Gasteiger charge is -2.08. The van der Waals surface area contributed by atoms with Crippen molar-refractivity contribution in [2.45, 2.75) is 6.92 Å². The molecule has 0 radical (unpaired) electrons. The number of halogens is 4. The summed E-state index contributed by atoms with van der Waals surface area (Å²) in [4.78, 5) is 12.2. The Kier molecular flexibility index (Phi) is 4.67. The molecule has 0 spiro atoms. The van der Waals surface area contributed by atoms with Crippen LogP contribution in [0.25, 0.3) is 0 Å². The Morgan fingerprint density at radius 1 is 1.14 bits per heavy atom. The minimum absolute atomic E-state index is 0.198. The summed E-state index contributed by atoms with van der Waals surface area (Å²) in [6.45, 7) is 2.28. The van der Waals surface area contributed by atoms with Crippen molar-refractivity contribution in [1.82, 2.24) is 0 Å². The number of hydrogen-bond donors (Lipinski definition) is 0. The van der Waals surface area contributed by atoms with Crippen molar-refractivity contribution in [2.75, 3.05) is 6.61 Å². The average Bonchev–Trinajstić information content (AvgIpc) is 2.44. The van der Waals surface area contributed by atoms with Crippen molar-refractivity contribution < 1.29 is 22.7 Å². The van der Waals surface area contributed by atoms with Crippen LogP contribution >= 0.6 is 15.9 Å². The van der Waals surface area contributed by atoms with Crippen molar-refractivity contribution in [3.63, 3.8) is 0 Å². The van der Waals surface area contributed by atoms with Crippen LogP contribution in [-0.4, -0.2) is 12.4 Å². The van der Waals surface area contributed by atoms with Crippen molar-refractivity contribution in [3.8, 4) is 5.75 Å². The molecule has 0 saturated heterocycles. The van der Waals surface area contributed by atoms with Crippen LogP contribution < -0.4 is 4.74 Å². The number of rotatable bonds is 4. The minimum atomic E-state index is -1.60. The van der Waals surface area contributed by atoms with Crippen LogP contribution in [0.5, 0.6) is 5.75 Å². The lowest BCUT2D eigenvalue weighted by atomic mass is 10.0. The third kappa shape index (κ3) is 3.26. The Labute approximate surface area is 127 Å². The molecule has 2 aromatic carbocycles. The van der Waals surface area contributed by atoms with Gasteiger partial charge >= 0.3 is 0 Å². The second-order valence-corrected chi connectivity index (χ2v) is 5.01. The Bertz CT molecular complexity index is 678. The molecule has 0 fully saturated rings. The Morgan fingerprint density at radius 3 is 2.29 bits per heavy atom. The predicted octanol–water partition coefficient (Wildman–Crippen LogP) is 4.50. The fourth-order valence-corrected chi connectivity index (χ4v) is 2.32. The van der Waals surface area contributed by atoms with Crippen LogP contribution in [0, 0.1) is 17.5 Å². The summed E-state index contributed by atoms with van der Waals surface area (Å²) in [5.41, 5.74) is -0.0693. The average molecular weight is 359 g/mol. The molecule has 0 bridgehead atoms. The van der Waals surface area contributed by atoms with E-state index in [9.17, 15) is 18.0 Å². The number of benzene rings is 2. The monoisotopic (exact) mass is 358 g/mol. The van der Waals surface area contributed by atoms with E-state index in [-0.39, 0.29) is 11.1 Å². The van der Waals surface area contributed by atoms with Gasteiger partial charge in [0.05, 0.1) is 6.61 Å². The second-order valence-electron chi connectivity index (χ2n) is 4.16. The maximum Gasteiger partial charge on any atom is 0.194 e. The minimum Gasteiger partial charge on any atom is -0.494 e. The molecule has 0 unspecified atom stereocenters. The van der Waals surface area contributed by atoms with Gasteiger partial charge in [-0.15, -0.1) is 0 Å². The fourth-order valence-electron chi connectivity index (χ4n) is 1.78. The lowest BCUT2D eigenvalue weighted by molar-refractivity contribution is 0.103. The van der Waals surface area contributed by atoms with Gasteiger partial charge in [0, 0.05) is 15.6 Å². The first-order valence-corrected chi connectivity index (χ1v) is 6.85. The Hall–Kier alpha value is -1.82. The van der Waals surface area contributed by atoms with E-state index in [1.807, 2.05) is 6.92 Å². The highest BCUT2D eigenvalue weighted by molar-refractivity contribution is 9.10. The zero-order valence-corrected chi connectivity index (χ0v) is 12.5. The summed E-state index contributed by atoms with van der Waals surface area (Å²) in [7, 11) is 0. The van der Waals surface area contributed by atoms with Gasteiger partial charge in [-0.25, -0.2) is 13.2 Å². The third-order valence-corrected chi connectivity index (χ3v) is 3.40. The van der Waals surface area contributed by atoms with Gasteiger partial charge in [0.2, 0.25) is 0 Å². The van der Waals surface area contributed by atoms with Gasteiger partial charge in [-0.1, -0.05) is 0 Å². The van der Waals surface area contributed by atoms with E-state index in [0.29, 0.717) is 29.0 Å². The van der Waals surface area contributed by atoms with Gasteiger partial charge in [0.15, 0.2) is 23.2 Å². The highest BCUT2D eigenvalue weighted by Crippen LogP contribution is 2.26. The van der Waals surface area contributed by atoms with Gasteiger partial charge < -0.3 is 4.74 Å². The summed E-state index contributed by atoms with van der Waals surface area (Å²) in [5.74, 6) is -4.47. The third-order valence-electron chi connectivity index (χ3n) is 2.74. The van der Waals surface area contributed by atoms with Crippen LogP contribution in [-0.2, 0) is 0 Å². The number of hydrogen-bond acceptors (Lipinski definition) is 2. The Morgan fingerprint density at radius 2 is 1.76 bits per heavy atom. The van der Waals surface area contributed by atoms with Gasteiger partial charge in [-0.05, 0) is 53.2 Å². The van der Waals surface area contributed by atoms with Crippen molar-refractivity contribution >= 4 is 21.7 Å². The Balaban J connectivity index is 2.40. The van der Waals surface area contributed by atoms with Gasteiger partial charge in [0.25, 0.3) is 0 Å². The molecule has 0 aliphatic heterocycles. The molecule has 2 nitrogen and oxygen atoms in total. The molecular weight excluding hydrogens is 349 g/mol. The van der Waals surface area contributed by atoms with Crippen LogP contribution in [0.4, 0.5) is 13.2 Å². The molecule has 0 amide bonds. The molecule has 0 aliphatic rings. The van der Waals surface area contributed by atoms with E-state index in [1.54, 1.807) is 12.1 Å². The molecule has 110 valence electrons. The number of ketones is 1. The summed E-state index contributed by atoms with van der Waals surface area (Å²) in [5, 5.41) is 0. The van der Waals surface area contributed by atoms with Crippen molar-refractivity contribution in [1.29, 1.82) is 0 Å². The normalized spacial score (nSPS) is 10.5. The van der Waals surface area contributed by atoms with E-state index >= 15 is 0 Å². The van der Waals surface area contributed by atoms with Gasteiger partial charge in [-0.3, -0.25) is 4.79 Å². The van der Waals surface area contributed by atoms with E-state index in [1.165, 1.54) is 6.07 Å². The number of carbonyl (C=O) groups is 1. The van der Waals surface area contributed by atoms with Crippen LogP contribution in [0.2, 0.25) is 0 Å². The van der Waals surface area contributed by atoms with E-state index < -0.39 is 23.2 Å². The SMILES string of the molecule is CCOc1ccc(C(=O)c2cc(F)c(F)c(F)c2)c(Br)c1. The molecule has 0 heterocycles. The molecule has 0 saturated carbocycles. The lowest BCUT2D eigenvalue weighted by Crippen LogP contribution is -2.05. The molecule has 2 rings (SSSR count). The maximum absolute atomic E-state index is 13.2.